The van der Waals surface area contributed by atoms with Crippen LogP contribution in [0.3, 0.4) is 0 Å². The molecule has 2 N–H and O–H groups in total. The number of hydrogen-bond donors (Lipinski definition) is 2. The largest absolute Gasteiger partial charge is 0.393 e. The molecule has 3 heterocycles. The van der Waals surface area contributed by atoms with Crippen LogP contribution in [0, 0.1) is 23.1 Å². The normalized spacial score (nSPS) is 21.0. The highest BCUT2D eigenvalue weighted by Crippen LogP contribution is 2.30. The lowest BCUT2D eigenvalue weighted by Crippen LogP contribution is -2.45. The molecule has 9 nitrogen and oxygen atoms in total. The molecule has 0 fully saturated rings. The lowest BCUT2D eigenvalue weighted by Gasteiger charge is -2.33. The summed E-state index contributed by atoms with van der Waals surface area (Å²) in [5, 5.41) is 26.8. The van der Waals surface area contributed by atoms with Gasteiger partial charge < -0.3 is 20.2 Å². The number of urea groups is 1. The first-order chi connectivity index (χ1) is 15.7. The number of fused-ring (bicyclic) bond motifs is 3. The van der Waals surface area contributed by atoms with Gasteiger partial charge in [0.25, 0.3) is 5.91 Å². The quantitative estimate of drug-likeness (QED) is 0.739. The maximum absolute atomic E-state index is 13.6. The number of carbonyl (C=O) groups excluding carboxylic acids is 2. The Morgan fingerprint density at radius 1 is 1.42 bits per heavy atom. The summed E-state index contributed by atoms with van der Waals surface area (Å²) in [5.74, 6) is -0.957. The predicted octanol–water partition coefficient (Wildman–Crippen LogP) is 2.35. The maximum Gasteiger partial charge on any atom is 0.322 e. The molecule has 0 radical (unpaired) electrons. The molecule has 0 spiro atoms. The Balaban J connectivity index is 1.61. The number of hydrogen-bond acceptors (Lipinski definition) is 5. The number of carbonyl (C=O) groups is 2. The van der Waals surface area contributed by atoms with Crippen molar-refractivity contribution in [3.05, 3.63) is 46.5 Å². The SMILES string of the molecule is CC[C@@H](O)[C@@H]1CN(C)C(=O)c2c3c(nn2C1)C[C@@H](C)N(C(=O)Nc1ccc(F)c(C#N)c1)C3. The molecule has 3 amide bonds. The van der Waals surface area contributed by atoms with Crippen LogP contribution in [0.2, 0.25) is 0 Å². The fourth-order valence-corrected chi connectivity index (χ4v) is 4.59. The monoisotopic (exact) mass is 454 g/mol. The molecule has 0 bridgehead atoms. The fraction of sp³-hybridized carbons (Fsp3) is 0.478. The van der Waals surface area contributed by atoms with Gasteiger partial charge >= 0.3 is 6.03 Å². The van der Waals surface area contributed by atoms with Gasteiger partial charge in [-0.1, -0.05) is 6.92 Å². The highest BCUT2D eigenvalue weighted by molar-refractivity contribution is 5.95. The van der Waals surface area contributed by atoms with Gasteiger partial charge in [-0.15, -0.1) is 0 Å². The summed E-state index contributed by atoms with van der Waals surface area (Å²) in [5.41, 5.74) is 2.11. The Bertz CT molecular complexity index is 1140. The third-order valence-corrected chi connectivity index (χ3v) is 6.51. The van der Waals surface area contributed by atoms with Crippen molar-refractivity contribution in [2.75, 3.05) is 18.9 Å². The first-order valence-corrected chi connectivity index (χ1v) is 11.0. The van der Waals surface area contributed by atoms with Gasteiger partial charge in [0.15, 0.2) is 0 Å². The number of nitrogens with zero attached hydrogens (tertiary/aromatic N) is 5. The van der Waals surface area contributed by atoms with Gasteiger partial charge in [-0.3, -0.25) is 9.48 Å². The van der Waals surface area contributed by atoms with Gasteiger partial charge in [0.2, 0.25) is 0 Å². The van der Waals surface area contributed by atoms with Crippen molar-refractivity contribution in [2.45, 2.75) is 51.9 Å². The lowest BCUT2D eigenvalue weighted by atomic mass is 9.99. The van der Waals surface area contributed by atoms with E-state index in [1.165, 1.54) is 12.1 Å². The van der Waals surface area contributed by atoms with Crippen LogP contribution in [0.25, 0.3) is 0 Å². The van der Waals surface area contributed by atoms with Crippen molar-refractivity contribution >= 4 is 17.6 Å². The molecular formula is C23H27FN6O3. The number of nitrogens with one attached hydrogen (secondary N) is 1. The second kappa shape index (κ2) is 8.83. The third kappa shape index (κ3) is 4.16. The Morgan fingerprint density at radius 2 is 2.18 bits per heavy atom. The Kier molecular flexibility index (Phi) is 6.08. The number of halogens is 1. The van der Waals surface area contributed by atoms with Crippen LogP contribution in [0.5, 0.6) is 0 Å². The molecule has 174 valence electrons. The van der Waals surface area contributed by atoms with E-state index in [9.17, 15) is 19.1 Å². The number of aliphatic hydroxyl groups excluding tert-OH is 1. The summed E-state index contributed by atoms with van der Waals surface area (Å²) in [6.07, 6.45) is 0.529. The Hall–Kier alpha value is -3.45. The summed E-state index contributed by atoms with van der Waals surface area (Å²) in [6, 6.07) is 5.00. The minimum atomic E-state index is -0.650. The molecule has 2 aliphatic heterocycles. The second-order valence-corrected chi connectivity index (χ2v) is 8.79. The summed E-state index contributed by atoms with van der Waals surface area (Å²) in [7, 11) is 1.71. The number of aliphatic hydroxyl groups is 1. The van der Waals surface area contributed by atoms with Crippen LogP contribution in [-0.2, 0) is 19.5 Å². The van der Waals surface area contributed by atoms with E-state index in [0.29, 0.717) is 42.9 Å². The van der Waals surface area contributed by atoms with Crippen molar-refractivity contribution in [1.82, 2.24) is 19.6 Å². The van der Waals surface area contributed by atoms with E-state index >= 15 is 0 Å². The van der Waals surface area contributed by atoms with Crippen molar-refractivity contribution in [1.29, 1.82) is 5.26 Å². The minimum Gasteiger partial charge on any atom is -0.393 e. The molecule has 3 atom stereocenters. The topological polar surface area (TPSA) is 114 Å². The number of anilines is 1. The maximum atomic E-state index is 13.6. The zero-order valence-corrected chi connectivity index (χ0v) is 18.9. The van der Waals surface area contributed by atoms with Crippen LogP contribution in [-0.4, -0.2) is 62.4 Å². The van der Waals surface area contributed by atoms with Gasteiger partial charge in [0.1, 0.15) is 17.6 Å². The average Bonchev–Trinajstić information content (AvgIpc) is 3.08. The molecule has 33 heavy (non-hydrogen) atoms. The minimum absolute atomic E-state index is 0.129. The van der Waals surface area contributed by atoms with Crippen LogP contribution in [0.1, 0.15) is 47.6 Å². The molecule has 0 unspecified atom stereocenters. The Morgan fingerprint density at radius 3 is 2.88 bits per heavy atom. The molecule has 0 aliphatic carbocycles. The molecular weight excluding hydrogens is 427 g/mol. The van der Waals surface area contributed by atoms with Gasteiger partial charge in [0.05, 0.1) is 23.9 Å². The summed E-state index contributed by atoms with van der Waals surface area (Å²) >= 11 is 0. The van der Waals surface area contributed by atoms with Gasteiger partial charge in [0, 0.05) is 49.8 Å². The molecule has 0 saturated heterocycles. The van der Waals surface area contributed by atoms with E-state index in [-0.39, 0.29) is 30.0 Å². The van der Waals surface area contributed by atoms with Crippen LogP contribution in [0.4, 0.5) is 14.9 Å². The Labute approximate surface area is 191 Å². The predicted molar refractivity (Wildman–Crippen MR) is 118 cm³/mol. The zero-order valence-electron chi connectivity index (χ0n) is 18.9. The van der Waals surface area contributed by atoms with Crippen molar-refractivity contribution in [2.24, 2.45) is 5.92 Å². The van der Waals surface area contributed by atoms with Crippen molar-refractivity contribution < 1.29 is 19.1 Å². The molecule has 10 heteroatoms. The molecule has 1 aromatic heterocycles. The molecule has 1 aromatic carbocycles. The number of rotatable bonds is 3. The van der Waals surface area contributed by atoms with E-state index in [0.717, 1.165) is 11.8 Å². The number of nitriles is 1. The smallest absolute Gasteiger partial charge is 0.322 e. The van der Waals surface area contributed by atoms with E-state index in [4.69, 9.17) is 5.26 Å². The van der Waals surface area contributed by atoms with Crippen LogP contribution in [0.15, 0.2) is 18.2 Å². The summed E-state index contributed by atoms with van der Waals surface area (Å²) < 4.78 is 15.3. The van der Waals surface area contributed by atoms with E-state index in [1.54, 1.807) is 27.6 Å². The van der Waals surface area contributed by atoms with Crippen LogP contribution >= 0.6 is 0 Å². The van der Waals surface area contributed by atoms with Crippen LogP contribution < -0.4 is 5.32 Å². The first-order valence-electron chi connectivity index (χ1n) is 11.0. The number of amides is 3. The van der Waals surface area contributed by atoms with E-state index < -0.39 is 18.0 Å². The average molecular weight is 455 g/mol. The zero-order chi connectivity index (χ0) is 23.9. The van der Waals surface area contributed by atoms with Gasteiger partial charge in [-0.05, 0) is 31.5 Å². The second-order valence-electron chi connectivity index (χ2n) is 8.79. The van der Waals surface area contributed by atoms with Gasteiger partial charge in [-0.25, -0.2) is 9.18 Å². The highest BCUT2D eigenvalue weighted by atomic mass is 19.1. The third-order valence-electron chi connectivity index (χ3n) is 6.51. The molecule has 0 saturated carbocycles. The van der Waals surface area contributed by atoms with E-state index in [1.807, 2.05) is 13.8 Å². The van der Waals surface area contributed by atoms with Crippen molar-refractivity contribution in [3.8, 4) is 6.07 Å². The lowest BCUT2D eigenvalue weighted by molar-refractivity contribution is 0.0625. The summed E-state index contributed by atoms with van der Waals surface area (Å²) in [6.45, 7) is 4.87. The fourth-order valence-electron chi connectivity index (χ4n) is 4.59. The van der Waals surface area contributed by atoms with E-state index in [2.05, 4.69) is 10.4 Å². The standard InChI is InChI=1S/C23H27FN6O3/c1-4-20(31)15-10-28(3)22(32)21-17-12-29(13(2)7-19(17)27-30(21)11-15)23(33)26-16-5-6-18(24)14(8-16)9-25/h5-6,8,13,15,20,31H,4,7,10-12H2,1-3H3,(H,26,33)/t13-,15-,20-/m1/s1. The first kappa shape index (κ1) is 22.7. The molecule has 2 aromatic rings. The molecule has 4 rings (SSSR count). The van der Waals surface area contributed by atoms with Gasteiger partial charge in [-0.2, -0.15) is 10.4 Å². The van der Waals surface area contributed by atoms with Crippen molar-refractivity contribution in [3.63, 3.8) is 0 Å². The molecule has 2 aliphatic rings. The number of aromatic nitrogens is 2. The highest BCUT2D eigenvalue weighted by Gasteiger charge is 2.38. The number of benzene rings is 1. The summed E-state index contributed by atoms with van der Waals surface area (Å²) in [4.78, 5) is 29.4.